The molecule has 0 atom stereocenters. The minimum Gasteiger partial charge on any atom is -0.543 e. The van der Waals surface area contributed by atoms with Crippen LogP contribution in [0.5, 0.6) is 0 Å². The summed E-state index contributed by atoms with van der Waals surface area (Å²) in [7, 11) is 0. The van der Waals surface area contributed by atoms with Crippen LogP contribution in [0.4, 0.5) is 0 Å². The molecular weight excluding hydrogens is 194 g/mol. The SMILES string of the molecule is Cc1oc(-c2ccccc2)nc1C(=O)[O-]. The van der Waals surface area contributed by atoms with E-state index in [1.54, 1.807) is 19.1 Å². The van der Waals surface area contributed by atoms with Crippen LogP contribution in [-0.4, -0.2) is 11.0 Å². The molecule has 0 N–H and O–H groups in total. The normalized spacial score (nSPS) is 10.2. The summed E-state index contributed by atoms with van der Waals surface area (Å²) < 4.78 is 5.23. The van der Waals surface area contributed by atoms with Crippen molar-refractivity contribution >= 4 is 5.97 Å². The van der Waals surface area contributed by atoms with Crippen molar-refractivity contribution in [2.75, 3.05) is 0 Å². The lowest BCUT2D eigenvalue weighted by atomic mass is 10.2. The van der Waals surface area contributed by atoms with Gasteiger partial charge in [-0.2, -0.15) is 0 Å². The molecule has 0 saturated heterocycles. The van der Waals surface area contributed by atoms with Crippen LogP contribution in [-0.2, 0) is 0 Å². The van der Waals surface area contributed by atoms with Gasteiger partial charge in [-0.3, -0.25) is 0 Å². The van der Waals surface area contributed by atoms with Crippen LogP contribution in [0, 0.1) is 6.92 Å². The van der Waals surface area contributed by atoms with Crippen LogP contribution in [0.1, 0.15) is 16.2 Å². The molecular formula is C11H8NO3-. The fraction of sp³-hybridized carbons (Fsp3) is 0.0909. The summed E-state index contributed by atoms with van der Waals surface area (Å²) in [6, 6.07) is 9.11. The molecule has 4 nitrogen and oxygen atoms in total. The number of carboxylic acids is 1. The highest BCUT2D eigenvalue weighted by molar-refractivity contribution is 5.85. The Hall–Kier alpha value is -2.10. The van der Waals surface area contributed by atoms with Crippen LogP contribution in [0.15, 0.2) is 34.7 Å². The van der Waals surface area contributed by atoms with Gasteiger partial charge >= 0.3 is 0 Å². The Morgan fingerprint density at radius 1 is 1.33 bits per heavy atom. The Bertz CT molecular complexity index is 488. The minimum atomic E-state index is -1.32. The number of aromatic nitrogens is 1. The van der Waals surface area contributed by atoms with Crippen molar-refractivity contribution in [2.24, 2.45) is 0 Å². The third-order valence-electron chi connectivity index (χ3n) is 2.01. The number of rotatable bonds is 2. The molecule has 0 amide bonds. The summed E-state index contributed by atoms with van der Waals surface area (Å²) in [6.45, 7) is 1.55. The van der Waals surface area contributed by atoms with Crippen molar-refractivity contribution in [2.45, 2.75) is 6.92 Å². The molecule has 0 saturated carbocycles. The standard InChI is InChI=1S/C11H9NO3/c1-7-9(11(13)14)12-10(15-7)8-5-3-2-4-6-8/h2-6H,1H3,(H,13,14)/p-1. The molecule has 2 rings (SSSR count). The average molecular weight is 202 g/mol. The Morgan fingerprint density at radius 3 is 2.53 bits per heavy atom. The molecule has 4 heteroatoms. The first kappa shape index (κ1) is 9.45. The van der Waals surface area contributed by atoms with Gasteiger partial charge in [-0.1, -0.05) is 18.2 Å². The third-order valence-corrected chi connectivity index (χ3v) is 2.01. The lowest BCUT2D eigenvalue weighted by molar-refractivity contribution is -0.255. The zero-order chi connectivity index (χ0) is 10.8. The number of carbonyl (C=O) groups is 1. The molecule has 0 aliphatic carbocycles. The largest absolute Gasteiger partial charge is 0.543 e. The third kappa shape index (κ3) is 1.74. The quantitative estimate of drug-likeness (QED) is 0.729. The van der Waals surface area contributed by atoms with Crippen molar-refractivity contribution < 1.29 is 14.3 Å². The van der Waals surface area contributed by atoms with E-state index in [9.17, 15) is 9.90 Å². The molecule has 0 aliphatic heterocycles. The number of hydrogen-bond acceptors (Lipinski definition) is 4. The number of aryl methyl sites for hydroxylation is 1. The smallest absolute Gasteiger partial charge is 0.226 e. The number of oxazole rings is 1. The van der Waals surface area contributed by atoms with E-state index in [0.29, 0.717) is 5.89 Å². The van der Waals surface area contributed by atoms with Gasteiger partial charge in [-0.25, -0.2) is 4.98 Å². The Labute approximate surface area is 86.2 Å². The van der Waals surface area contributed by atoms with Gasteiger partial charge in [0.1, 0.15) is 11.5 Å². The molecule has 0 fully saturated rings. The van der Waals surface area contributed by atoms with E-state index in [-0.39, 0.29) is 11.5 Å². The highest BCUT2D eigenvalue weighted by Gasteiger charge is 2.11. The maximum atomic E-state index is 10.6. The number of nitrogens with zero attached hydrogens (tertiary/aromatic N) is 1. The van der Waals surface area contributed by atoms with Crippen LogP contribution in [0.25, 0.3) is 11.5 Å². The lowest BCUT2D eigenvalue weighted by Crippen LogP contribution is -2.23. The average Bonchev–Trinajstić information content (AvgIpc) is 2.62. The van der Waals surface area contributed by atoms with Crippen molar-refractivity contribution in [1.29, 1.82) is 0 Å². The molecule has 1 aromatic heterocycles. The van der Waals surface area contributed by atoms with E-state index in [4.69, 9.17) is 4.42 Å². The Morgan fingerprint density at radius 2 is 2.00 bits per heavy atom. The van der Waals surface area contributed by atoms with E-state index >= 15 is 0 Å². The van der Waals surface area contributed by atoms with Gasteiger partial charge < -0.3 is 14.3 Å². The van der Waals surface area contributed by atoms with Gasteiger partial charge in [-0.05, 0) is 19.1 Å². The number of benzene rings is 1. The van der Waals surface area contributed by atoms with Gasteiger partial charge in [0.05, 0.1) is 5.97 Å². The zero-order valence-electron chi connectivity index (χ0n) is 8.06. The van der Waals surface area contributed by atoms with Gasteiger partial charge in [0.15, 0.2) is 0 Å². The summed E-state index contributed by atoms with van der Waals surface area (Å²) >= 11 is 0. The van der Waals surface area contributed by atoms with Crippen molar-refractivity contribution in [3.8, 4) is 11.5 Å². The molecule has 0 bridgehead atoms. The van der Waals surface area contributed by atoms with Gasteiger partial charge in [-0.15, -0.1) is 0 Å². The van der Waals surface area contributed by atoms with E-state index in [1.165, 1.54) is 0 Å². The van der Waals surface area contributed by atoms with Gasteiger partial charge in [0, 0.05) is 5.56 Å². The fourth-order valence-electron chi connectivity index (χ4n) is 1.29. The summed E-state index contributed by atoms with van der Waals surface area (Å²) in [4.78, 5) is 14.5. The first-order valence-electron chi connectivity index (χ1n) is 4.42. The second kappa shape index (κ2) is 3.57. The molecule has 2 aromatic rings. The molecule has 0 aliphatic rings. The van der Waals surface area contributed by atoms with Crippen LogP contribution in [0.2, 0.25) is 0 Å². The number of aromatic carboxylic acids is 1. The summed E-state index contributed by atoms with van der Waals surface area (Å²) in [5, 5.41) is 10.6. The monoisotopic (exact) mass is 202 g/mol. The molecule has 1 heterocycles. The van der Waals surface area contributed by atoms with E-state index in [2.05, 4.69) is 4.98 Å². The molecule has 15 heavy (non-hydrogen) atoms. The highest BCUT2D eigenvalue weighted by atomic mass is 16.4. The summed E-state index contributed by atoms with van der Waals surface area (Å²) in [5.41, 5.74) is 0.599. The maximum Gasteiger partial charge on any atom is 0.226 e. The minimum absolute atomic E-state index is 0.145. The molecule has 0 spiro atoms. The molecule has 1 aromatic carbocycles. The van der Waals surface area contributed by atoms with Gasteiger partial charge in [0.25, 0.3) is 0 Å². The van der Waals surface area contributed by atoms with E-state index < -0.39 is 5.97 Å². The predicted molar refractivity (Wildman–Crippen MR) is 51.0 cm³/mol. The number of carboxylic acid groups (broad SMARTS) is 1. The van der Waals surface area contributed by atoms with Crippen LogP contribution in [0.3, 0.4) is 0 Å². The Balaban J connectivity index is 2.48. The van der Waals surface area contributed by atoms with E-state index in [1.807, 2.05) is 18.2 Å². The van der Waals surface area contributed by atoms with Crippen molar-refractivity contribution in [3.63, 3.8) is 0 Å². The molecule has 76 valence electrons. The molecule has 0 radical (unpaired) electrons. The van der Waals surface area contributed by atoms with Crippen molar-refractivity contribution in [3.05, 3.63) is 41.8 Å². The maximum absolute atomic E-state index is 10.6. The second-order valence-corrected chi connectivity index (χ2v) is 3.08. The van der Waals surface area contributed by atoms with Crippen LogP contribution < -0.4 is 5.11 Å². The lowest BCUT2D eigenvalue weighted by Gasteiger charge is -1.94. The second-order valence-electron chi connectivity index (χ2n) is 3.08. The first-order valence-corrected chi connectivity index (χ1v) is 4.42. The fourth-order valence-corrected chi connectivity index (χ4v) is 1.29. The summed E-state index contributed by atoms with van der Waals surface area (Å²) in [5.74, 6) is -0.764. The van der Waals surface area contributed by atoms with Crippen LogP contribution >= 0.6 is 0 Å². The highest BCUT2D eigenvalue weighted by Crippen LogP contribution is 2.20. The molecule has 0 unspecified atom stereocenters. The van der Waals surface area contributed by atoms with Gasteiger partial charge in [0.2, 0.25) is 5.89 Å². The van der Waals surface area contributed by atoms with E-state index in [0.717, 1.165) is 5.56 Å². The first-order chi connectivity index (χ1) is 7.18. The Kier molecular flexibility index (Phi) is 2.25. The zero-order valence-corrected chi connectivity index (χ0v) is 8.06. The number of carbonyl (C=O) groups excluding carboxylic acids is 1. The predicted octanol–water partition coefficient (Wildman–Crippen LogP) is 1.01. The van der Waals surface area contributed by atoms with Crippen molar-refractivity contribution in [1.82, 2.24) is 4.98 Å². The summed E-state index contributed by atoms with van der Waals surface area (Å²) in [6.07, 6.45) is 0. The topological polar surface area (TPSA) is 66.2 Å². The number of hydrogen-bond donors (Lipinski definition) is 0.